The second-order valence-corrected chi connectivity index (χ2v) is 6.59. The van der Waals surface area contributed by atoms with Crippen LogP contribution < -0.4 is 15.8 Å². The normalized spacial score (nSPS) is 10.6. The Balaban J connectivity index is 2.70. The second kappa shape index (κ2) is 10.1. The molecule has 4 N–H and O–H groups in total. The van der Waals surface area contributed by atoms with E-state index in [2.05, 4.69) is 23.8 Å². The van der Waals surface area contributed by atoms with Crippen molar-refractivity contribution in [3.05, 3.63) is 49.6 Å². The zero-order valence-corrected chi connectivity index (χ0v) is 15.0. The van der Waals surface area contributed by atoms with Gasteiger partial charge in [0.15, 0.2) is 0 Å². The minimum Gasteiger partial charge on any atom is -0.460 e. The van der Waals surface area contributed by atoms with Gasteiger partial charge in [0.05, 0.1) is 10.9 Å². The van der Waals surface area contributed by atoms with Crippen molar-refractivity contribution in [1.82, 2.24) is 5.32 Å². The number of primary sulfonamides is 1. The first-order valence-corrected chi connectivity index (χ1v) is 8.99. The molecule has 0 heterocycles. The average molecular weight is 397 g/mol. The Morgan fingerprint density at radius 3 is 1.93 bits per heavy atom. The zero-order valence-electron chi connectivity index (χ0n) is 14.2. The number of urea groups is 1. The SMILES string of the molecule is C=CC(=O)OCC(COC(=O)C=C)NC(=O)Nc1ccc(S(N)(=O)=O)cc1. The molecule has 0 spiro atoms. The van der Waals surface area contributed by atoms with Gasteiger partial charge in [0.25, 0.3) is 0 Å². The summed E-state index contributed by atoms with van der Waals surface area (Å²) >= 11 is 0. The molecule has 0 radical (unpaired) electrons. The smallest absolute Gasteiger partial charge is 0.330 e. The van der Waals surface area contributed by atoms with Gasteiger partial charge in [0.2, 0.25) is 10.0 Å². The van der Waals surface area contributed by atoms with Crippen LogP contribution in [0.2, 0.25) is 0 Å². The van der Waals surface area contributed by atoms with Gasteiger partial charge >= 0.3 is 18.0 Å². The fourth-order valence-electron chi connectivity index (χ4n) is 1.70. The van der Waals surface area contributed by atoms with E-state index in [-0.39, 0.29) is 23.8 Å². The van der Waals surface area contributed by atoms with Crippen molar-refractivity contribution < 1.29 is 32.3 Å². The van der Waals surface area contributed by atoms with Gasteiger partial charge in [-0.1, -0.05) is 13.2 Å². The van der Waals surface area contributed by atoms with Gasteiger partial charge in [-0.3, -0.25) is 0 Å². The number of anilines is 1. The summed E-state index contributed by atoms with van der Waals surface area (Å²) in [6.07, 6.45) is 1.89. The van der Waals surface area contributed by atoms with E-state index >= 15 is 0 Å². The Bertz CT molecular complexity index is 795. The van der Waals surface area contributed by atoms with Crippen molar-refractivity contribution in [3.8, 4) is 0 Å². The molecule has 10 nitrogen and oxygen atoms in total. The molecule has 1 rings (SSSR count). The van der Waals surface area contributed by atoms with Gasteiger partial charge < -0.3 is 20.1 Å². The quantitative estimate of drug-likeness (QED) is 0.399. The standard InChI is InChI=1S/C16H19N3O7S/c1-3-14(20)25-9-12(10-26-15(21)4-2)19-16(22)18-11-5-7-13(8-6-11)27(17,23)24/h3-8,12H,1-2,9-10H2,(H2,17,23,24)(H2,18,19,22). The molecular formula is C16H19N3O7S. The summed E-state index contributed by atoms with van der Waals surface area (Å²) in [6.45, 7) is 5.94. The lowest BCUT2D eigenvalue weighted by atomic mass is 10.3. The van der Waals surface area contributed by atoms with Crippen molar-refractivity contribution in [3.63, 3.8) is 0 Å². The van der Waals surface area contributed by atoms with Crippen molar-refractivity contribution >= 4 is 33.7 Å². The van der Waals surface area contributed by atoms with Crippen LogP contribution in [-0.2, 0) is 29.1 Å². The van der Waals surface area contributed by atoms with Crippen LogP contribution in [0.5, 0.6) is 0 Å². The van der Waals surface area contributed by atoms with Crippen molar-refractivity contribution in [2.75, 3.05) is 18.5 Å². The minimum absolute atomic E-state index is 0.112. The van der Waals surface area contributed by atoms with Crippen LogP contribution in [0.25, 0.3) is 0 Å². The van der Waals surface area contributed by atoms with E-state index in [9.17, 15) is 22.8 Å². The Kier molecular flexibility index (Phi) is 8.17. The van der Waals surface area contributed by atoms with Crippen molar-refractivity contribution in [1.29, 1.82) is 0 Å². The summed E-state index contributed by atoms with van der Waals surface area (Å²) in [5, 5.41) is 9.89. The molecule has 0 aromatic heterocycles. The summed E-state index contributed by atoms with van der Waals surface area (Å²) in [5.74, 6) is -1.42. The molecule has 27 heavy (non-hydrogen) atoms. The number of carbonyl (C=O) groups excluding carboxylic acids is 3. The second-order valence-electron chi connectivity index (χ2n) is 5.03. The lowest BCUT2D eigenvalue weighted by Crippen LogP contribution is -2.44. The van der Waals surface area contributed by atoms with Crippen LogP contribution in [0.1, 0.15) is 0 Å². The Labute approximate surface area is 156 Å². The number of nitrogens with two attached hydrogens (primary N) is 1. The number of benzene rings is 1. The summed E-state index contributed by atoms with van der Waals surface area (Å²) in [6, 6.07) is 3.57. The molecule has 0 saturated heterocycles. The maximum absolute atomic E-state index is 12.0. The fraction of sp³-hybridized carbons (Fsp3) is 0.188. The highest BCUT2D eigenvalue weighted by molar-refractivity contribution is 7.89. The lowest BCUT2D eigenvalue weighted by Gasteiger charge is -2.18. The third-order valence-corrected chi connectivity index (χ3v) is 3.89. The van der Waals surface area contributed by atoms with E-state index < -0.39 is 34.0 Å². The number of esters is 2. The lowest BCUT2D eigenvalue weighted by molar-refractivity contribution is -0.141. The molecule has 0 atom stereocenters. The van der Waals surface area contributed by atoms with Crippen LogP contribution >= 0.6 is 0 Å². The maximum Gasteiger partial charge on any atom is 0.330 e. The molecule has 146 valence electrons. The zero-order chi connectivity index (χ0) is 20.4. The number of carbonyl (C=O) groups is 3. The number of hydrogen-bond acceptors (Lipinski definition) is 7. The third kappa shape index (κ3) is 8.16. The van der Waals surface area contributed by atoms with E-state index in [0.717, 1.165) is 12.2 Å². The highest BCUT2D eigenvalue weighted by atomic mass is 32.2. The van der Waals surface area contributed by atoms with E-state index in [0.29, 0.717) is 0 Å². The Hall–Kier alpha value is -3.18. The first-order chi connectivity index (χ1) is 12.7. The average Bonchev–Trinajstić information content (AvgIpc) is 2.62. The van der Waals surface area contributed by atoms with E-state index in [1.54, 1.807) is 0 Å². The summed E-state index contributed by atoms with van der Waals surface area (Å²) in [7, 11) is -3.84. The molecule has 0 saturated carbocycles. The van der Waals surface area contributed by atoms with Crippen LogP contribution in [-0.4, -0.2) is 45.6 Å². The molecule has 0 bridgehead atoms. The number of ether oxygens (including phenoxy) is 2. The van der Waals surface area contributed by atoms with Crippen molar-refractivity contribution in [2.45, 2.75) is 10.9 Å². The number of sulfonamides is 1. The molecule has 0 aliphatic rings. The van der Waals surface area contributed by atoms with Crippen LogP contribution in [0.4, 0.5) is 10.5 Å². The molecule has 0 aliphatic heterocycles. The Morgan fingerprint density at radius 1 is 1.04 bits per heavy atom. The summed E-state index contributed by atoms with van der Waals surface area (Å²) in [4.78, 5) is 34.2. The van der Waals surface area contributed by atoms with Crippen LogP contribution in [0, 0.1) is 0 Å². The van der Waals surface area contributed by atoms with Gasteiger partial charge in [0.1, 0.15) is 13.2 Å². The first kappa shape index (κ1) is 21.9. The molecular weight excluding hydrogens is 378 g/mol. The van der Waals surface area contributed by atoms with E-state index in [4.69, 9.17) is 14.6 Å². The number of rotatable bonds is 9. The molecule has 0 aliphatic carbocycles. The van der Waals surface area contributed by atoms with Gasteiger partial charge in [-0.2, -0.15) is 0 Å². The summed E-state index contributed by atoms with van der Waals surface area (Å²) < 4.78 is 32.0. The van der Waals surface area contributed by atoms with Gasteiger partial charge in [-0.05, 0) is 24.3 Å². The van der Waals surface area contributed by atoms with Crippen LogP contribution in [0.3, 0.4) is 0 Å². The topological polar surface area (TPSA) is 154 Å². The van der Waals surface area contributed by atoms with Crippen LogP contribution in [0.15, 0.2) is 54.5 Å². The van der Waals surface area contributed by atoms with Gasteiger partial charge in [-0.25, -0.2) is 27.9 Å². The van der Waals surface area contributed by atoms with Crippen molar-refractivity contribution in [2.24, 2.45) is 5.14 Å². The maximum atomic E-state index is 12.0. The third-order valence-electron chi connectivity index (χ3n) is 2.96. The minimum atomic E-state index is -3.84. The molecule has 11 heteroatoms. The number of nitrogens with one attached hydrogen (secondary N) is 2. The first-order valence-electron chi connectivity index (χ1n) is 7.44. The highest BCUT2D eigenvalue weighted by Gasteiger charge is 2.16. The predicted octanol–water partition coefficient (Wildman–Crippen LogP) is 0.283. The molecule has 0 fully saturated rings. The molecule has 2 amide bonds. The van der Waals surface area contributed by atoms with Gasteiger partial charge in [-0.15, -0.1) is 0 Å². The van der Waals surface area contributed by atoms with E-state index in [1.807, 2.05) is 0 Å². The number of hydrogen-bond donors (Lipinski definition) is 3. The number of amides is 2. The fourth-order valence-corrected chi connectivity index (χ4v) is 2.21. The highest BCUT2D eigenvalue weighted by Crippen LogP contribution is 2.12. The van der Waals surface area contributed by atoms with E-state index in [1.165, 1.54) is 24.3 Å². The Morgan fingerprint density at radius 2 is 1.52 bits per heavy atom. The molecule has 1 aromatic carbocycles. The molecule has 1 aromatic rings. The molecule has 0 unspecified atom stereocenters. The monoisotopic (exact) mass is 397 g/mol. The van der Waals surface area contributed by atoms with Gasteiger partial charge in [0, 0.05) is 17.8 Å². The summed E-state index contributed by atoms with van der Waals surface area (Å²) in [5.41, 5.74) is 0.282. The predicted molar refractivity (Wildman–Crippen MR) is 96.1 cm³/mol. The largest absolute Gasteiger partial charge is 0.460 e.